The van der Waals surface area contributed by atoms with Crippen molar-refractivity contribution < 1.29 is 4.74 Å². The Balaban J connectivity index is 2.36. The molecule has 1 aromatic carbocycles. The van der Waals surface area contributed by atoms with Gasteiger partial charge < -0.3 is 4.74 Å². The molecule has 1 aromatic rings. The Bertz CT molecular complexity index is 324. The molecule has 0 aliphatic heterocycles. The van der Waals surface area contributed by atoms with Crippen LogP contribution in [0.4, 0.5) is 0 Å². The standard InChI is InChI=1S/C12H14O/c1-3-9-8-11(10-4-5-10)6-7-12(9)13-2/h3,6-8,10H,1,4-5H2,2H3. The molecule has 13 heavy (non-hydrogen) atoms. The van der Waals surface area contributed by atoms with Crippen LogP contribution in [0.2, 0.25) is 0 Å². The van der Waals surface area contributed by atoms with E-state index in [1.54, 1.807) is 7.11 Å². The van der Waals surface area contributed by atoms with E-state index < -0.39 is 0 Å². The zero-order valence-corrected chi connectivity index (χ0v) is 7.92. The van der Waals surface area contributed by atoms with Crippen molar-refractivity contribution in [2.24, 2.45) is 0 Å². The Hall–Kier alpha value is -1.24. The highest BCUT2D eigenvalue weighted by molar-refractivity contribution is 5.57. The summed E-state index contributed by atoms with van der Waals surface area (Å²) in [5, 5.41) is 0. The molecule has 0 aromatic heterocycles. The van der Waals surface area contributed by atoms with Crippen molar-refractivity contribution in [3.63, 3.8) is 0 Å². The Morgan fingerprint density at radius 2 is 2.23 bits per heavy atom. The van der Waals surface area contributed by atoms with Crippen LogP contribution >= 0.6 is 0 Å². The minimum Gasteiger partial charge on any atom is -0.496 e. The van der Waals surface area contributed by atoms with Crippen LogP contribution in [0.25, 0.3) is 6.08 Å². The molecule has 68 valence electrons. The average Bonchev–Trinajstić information content (AvgIpc) is 3.00. The Morgan fingerprint density at radius 1 is 1.46 bits per heavy atom. The highest BCUT2D eigenvalue weighted by atomic mass is 16.5. The molecule has 0 unspecified atom stereocenters. The van der Waals surface area contributed by atoms with E-state index >= 15 is 0 Å². The van der Waals surface area contributed by atoms with E-state index in [0.717, 1.165) is 17.2 Å². The number of ether oxygens (including phenoxy) is 1. The van der Waals surface area contributed by atoms with Crippen LogP contribution in [0.5, 0.6) is 5.75 Å². The van der Waals surface area contributed by atoms with Crippen molar-refractivity contribution in [3.8, 4) is 5.75 Å². The van der Waals surface area contributed by atoms with E-state index in [0.29, 0.717) is 0 Å². The van der Waals surface area contributed by atoms with E-state index in [1.807, 2.05) is 12.1 Å². The van der Waals surface area contributed by atoms with Gasteiger partial charge in [0.2, 0.25) is 0 Å². The number of benzene rings is 1. The van der Waals surface area contributed by atoms with Crippen LogP contribution in [-0.4, -0.2) is 7.11 Å². The second-order valence-corrected chi connectivity index (χ2v) is 3.48. The zero-order chi connectivity index (χ0) is 9.26. The summed E-state index contributed by atoms with van der Waals surface area (Å²) in [6, 6.07) is 6.37. The van der Waals surface area contributed by atoms with Crippen molar-refractivity contribution in [2.75, 3.05) is 7.11 Å². The second-order valence-electron chi connectivity index (χ2n) is 3.48. The van der Waals surface area contributed by atoms with Crippen LogP contribution < -0.4 is 4.74 Å². The molecular formula is C12H14O. The van der Waals surface area contributed by atoms with E-state index in [4.69, 9.17) is 4.74 Å². The molecule has 1 heteroatoms. The molecule has 1 saturated carbocycles. The maximum Gasteiger partial charge on any atom is 0.126 e. The Morgan fingerprint density at radius 3 is 2.77 bits per heavy atom. The third kappa shape index (κ3) is 1.59. The maximum atomic E-state index is 5.22. The van der Waals surface area contributed by atoms with Gasteiger partial charge in [0.15, 0.2) is 0 Å². The van der Waals surface area contributed by atoms with Crippen LogP contribution in [0.15, 0.2) is 24.8 Å². The first-order valence-electron chi connectivity index (χ1n) is 4.65. The lowest BCUT2D eigenvalue weighted by atomic mass is 10.1. The van der Waals surface area contributed by atoms with Gasteiger partial charge in [-0.25, -0.2) is 0 Å². The highest BCUT2D eigenvalue weighted by Gasteiger charge is 2.23. The molecule has 0 spiro atoms. The highest BCUT2D eigenvalue weighted by Crippen LogP contribution is 2.41. The molecule has 0 amide bonds. The molecule has 0 radical (unpaired) electrons. The van der Waals surface area contributed by atoms with E-state index in [9.17, 15) is 0 Å². The SMILES string of the molecule is C=Cc1cc(C2CC2)ccc1OC. The minimum atomic E-state index is 0.796. The third-order valence-corrected chi connectivity index (χ3v) is 2.52. The van der Waals surface area contributed by atoms with Gasteiger partial charge in [-0.05, 0) is 36.5 Å². The van der Waals surface area contributed by atoms with Gasteiger partial charge in [0.1, 0.15) is 5.75 Å². The molecule has 2 rings (SSSR count). The van der Waals surface area contributed by atoms with E-state index in [-0.39, 0.29) is 0 Å². The molecular weight excluding hydrogens is 160 g/mol. The predicted molar refractivity (Wildman–Crippen MR) is 55.1 cm³/mol. The molecule has 0 saturated heterocycles. The Labute approximate surface area is 79.0 Å². The first-order chi connectivity index (χ1) is 6.35. The quantitative estimate of drug-likeness (QED) is 0.683. The number of methoxy groups -OCH3 is 1. The van der Waals surface area contributed by atoms with Crippen molar-refractivity contribution in [2.45, 2.75) is 18.8 Å². The first-order valence-corrected chi connectivity index (χ1v) is 4.65. The van der Waals surface area contributed by atoms with Gasteiger partial charge >= 0.3 is 0 Å². The fraction of sp³-hybridized carbons (Fsp3) is 0.333. The molecule has 0 bridgehead atoms. The summed E-state index contributed by atoms with van der Waals surface area (Å²) in [6.07, 6.45) is 4.52. The molecule has 0 atom stereocenters. The largest absolute Gasteiger partial charge is 0.496 e. The van der Waals surface area contributed by atoms with Crippen LogP contribution in [0.1, 0.15) is 29.9 Å². The normalized spacial score (nSPS) is 15.5. The lowest BCUT2D eigenvalue weighted by Gasteiger charge is -2.06. The van der Waals surface area contributed by atoms with Crippen molar-refractivity contribution >= 4 is 6.08 Å². The van der Waals surface area contributed by atoms with Gasteiger partial charge in [-0.15, -0.1) is 0 Å². The summed E-state index contributed by atoms with van der Waals surface area (Å²) in [7, 11) is 1.69. The molecule has 0 N–H and O–H groups in total. The summed E-state index contributed by atoms with van der Waals surface area (Å²) >= 11 is 0. The average molecular weight is 174 g/mol. The monoisotopic (exact) mass is 174 g/mol. The van der Waals surface area contributed by atoms with Crippen LogP contribution in [0.3, 0.4) is 0 Å². The predicted octanol–water partition coefficient (Wildman–Crippen LogP) is 3.22. The van der Waals surface area contributed by atoms with Crippen molar-refractivity contribution in [3.05, 3.63) is 35.9 Å². The number of hydrogen-bond acceptors (Lipinski definition) is 1. The first kappa shape index (κ1) is 8.36. The molecule has 1 nitrogen and oxygen atoms in total. The summed E-state index contributed by atoms with van der Waals surface area (Å²) in [4.78, 5) is 0. The fourth-order valence-electron chi connectivity index (χ4n) is 1.58. The van der Waals surface area contributed by atoms with Crippen LogP contribution in [-0.2, 0) is 0 Å². The van der Waals surface area contributed by atoms with Gasteiger partial charge in [-0.3, -0.25) is 0 Å². The summed E-state index contributed by atoms with van der Waals surface area (Å²) in [5.74, 6) is 1.71. The van der Waals surface area contributed by atoms with Gasteiger partial charge in [0, 0.05) is 5.56 Å². The Kier molecular flexibility index (Phi) is 2.09. The van der Waals surface area contributed by atoms with E-state index in [2.05, 4.69) is 18.7 Å². The maximum absolute atomic E-state index is 5.22. The fourth-order valence-corrected chi connectivity index (χ4v) is 1.58. The minimum absolute atomic E-state index is 0.796. The van der Waals surface area contributed by atoms with Crippen molar-refractivity contribution in [1.82, 2.24) is 0 Å². The van der Waals surface area contributed by atoms with Gasteiger partial charge in [0.25, 0.3) is 0 Å². The second kappa shape index (κ2) is 3.25. The number of hydrogen-bond donors (Lipinski definition) is 0. The molecule has 1 aliphatic rings. The summed E-state index contributed by atoms with van der Waals surface area (Å²) in [6.45, 7) is 3.78. The summed E-state index contributed by atoms with van der Waals surface area (Å²) < 4.78 is 5.22. The molecule has 0 heterocycles. The van der Waals surface area contributed by atoms with Crippen LogP contribution in [0, 0.1) is 0 Å². The van der Waals surface area contributed by atoms with Gasteiger partial charge in [0.05, 0.1) is 7.11 Å². The lowest BCUT2D eigenvalue weighted by Crippen LogP contribution is -1.88. The smallest absolute Gasteiger partial charge is 0.126 e. The zero-order valence-electron chi connectivity index (χ0n) is 7.92. The molecule has 1 fully saturated rings. The third-order valence-electron chi connectivity index (χ3n) is 2.52. The topological polar surface area (TPSA) is 9.23 Å². The van der Waals surface area contributed by atoms with Crippen molar-refractivity contribution in [1.29, 1.82) is 0 Å². The lowest BCUT2D eigenvalue weighted by molar-refractivity contribution is 0.413. The van der Waals surface area contributed by atoms with E-state index in [1.165, 1.54) is 18.4 Å². The summed E-state index contributed by atoms with van der Waals surface area (Å²) in [5.41, 5.74) is 2.53. The molecule has 1 aliphatic carbocycles. The number of rotatable bonds is 3. The van der Waals surface area contributed by atoms with Gasteiger partial charge in [-0.1, -0.05) is 18.7 Å². The van der Waals surface area contributed by atoms with Gasteiger partial charge in [-0.2, -0.15) is 0 Å².